The normalized spacial score (nSPS) is 14.0. The van der Waals surface area contributed by atoms with Gasteiger partial charge in [-0.2, -0.15) is 0 Å². The number of morpholine rings is 1. The van der Waals surface area contributed by atoms with E-state index in [9.17, 15) is 14.7 Å². The topological polar surface area (TPSA) is 107 Å². The van der Waals surface area contributed by atoms with Gasteiger partial charge in [-0.1, -0.05) is 12.1 Å². The Morgan fingerprint density at radius 3 is 2.57 bits per heavy atom. The largest absolute Gasteiger partial charge is 0.494 e. The van der Waals surface area contributed by atoms with Gasteiger partial charge in [0, 0.05) is 42.2 Å². The van der Waals surface area contributed by atoms with Crippen molar-refractivity contribution in [3.63, 3.8) is 0 Å². The second-order valence-electron chi connectivity index (χ2n) is 7.97. The zero-order valence-electron chi connectivity index (χ0n) is 19.8. The third-order valence-corrected chi connectivity index (χ3v) is 5.79. The van der Waals surface area contributed by atoms with Gasteiger partial charge >= 0.3 is 5.97 Å². The zero-order chi connectivity index (χ0) is 24.8. The molecule has 0 bridgehead atoms. The van der Waals surface area contributed by atoms with Gasteiger partial charge in [0.05, 0.1) is 32.5 Å². The highest BCUT2D eigenvalue weighted by atomic mass is 16.5. The summed E-state index contributed by atoms with van der Waals surface area (Å²) >= 11 is 0. The molecule has 35 heavy (non-hydrogen) atoms. The van der Waals surface area contributed by atoms with Crippen LogP contribution in [0.25, 0.3) is 10.8 Å². The van der Waals surface area contributed by atoms with Crippen molar-refractivity contribution in [2.24, 2.45) is 0 Å². The summed E-state index contributed by atoms with van der Waals surface area (Å²) in [6, 6.07) is 10.0. The number of fused-ring (bicyclic) bond motifs is 1. The van der Waals surface area contributed by atoms with Gasteiger partial charge in [0.2, 0.25) is 5.78 Å². The summed E-state index contributed by atoms with van der Waals surface area (Å²) in [5, 5.41) is 10.5. The third-order valence-electron chi connectivity index (χ3n) is 5.79. The molecule has 9 nitrogen and oxygen atoms in total. The van der Waals surface area contributed by atoms with E-state index in [1.807, 2.05) is 6.92 Å². The molecule has 0 aliphatic carbocycles. The second-order valence-corrected chi connectivity index (χ2v) is 7.97. The summed E-state index contributed by atoms with van der Waals surface area (Å²) in [7, 11) is 1.50. The number of methoxy groups -OCH3 is 1. The number of pyridine rings is 1. The molecule has 1 saturated heterocycles. The van der Waals surface area contributed by atoms with Crippen molar-refractivity contribution >= 4 is 22.5 Å². The highest BCUT2D eigenvalue weighted by Crippen LogP contribution is 2.36. The molecule has 184 valence electrons. The predicted octanol–water partition coefficient (Wildman–Crippen LogP) is 3.28. The van der Waals surface area contributed by atoms with Crippen LogP contribution in [0.5, 0.6) is 17.2 Å². The summed E-state index contributed by atoms with van der Waals surface area (Å²) in [4.78, 5) is 31.8. The molecular formula is C26H28N2O7. The Kier molecular flexibility index (Phi) is 7.79. The first-order valence-corrected chi connectivity index (χ1v) is 11.5. The molecular weight excluding hydrogens is 452 g/mol. The van der Waals surface area contributed by atoms with Gasteiger partial charge in [0.25, 0.3) is 0 Å². The second kappa shape index (κ2) is 11.2. The Bertz CT molecular complexity index is 1220. The van der Waals surface area contributed by atoms with Crippen molar-refractivity contribution < 1.29 is 33.6 Å². The molecule has 9 heteroatoms. The molecule has 0 radical (unpaired) electrons. The van der Waals surface area contributed by atoms with E-state index >= 15 is 0 Å². The quantitative estimate of drug-likeness (QED) is 0.437. The van der Waals surface area contributed by atoms with Crippen molar-refractivity contribution in [1.82, 2.24) is 9.88 Å². The SMILES string of the molecule is CCOc1cccc(C(=O)c2ncc(C(=O)O)c3cc(OCCN4CCOCC4)c(OC)cc23)c1. The average molecular weight is 481 g/mol. The van der Waals surface area contributed by atoms with Crippen LogP contribution in [0, 0.1) is 0 Å². The Morgan fingerprint density at radius 2 is 1.86 bits per heavy atom. The van der Waals surface area contributed by atoms with Crippen molar-refractivity contribution in [2.45, 2.75) is 6.92 Å². The molecule has 3 aromatic rings. The van der Waals surface area contributed by atoms with E-state index in [2.05, 4.69) is 9.88 Å². The molecule has 1 aliphatic rings. The Morgan fingerprint density at radius 1 is 1.09 bits per heavy atom. The minimum Gasteiger partial charge on any atom is -0.494 e. The van der Waals surface area contributed by atoms with Gasteiger partial charge in [-0.25, -0.2) is 4.79 Å². The first-order valence-electron chi connectivity index (χ1n) is 11.5. The average Bonchev–Trinajstić information content (AvgIpc) is 2.88. The molecule has 0 atom stereocenters. The summed E-state index contributed by atoms with van der Waals surface area (Å²) in [6.07, 6.45) is 1.20. The molecule has 0 saturated carbocycles. The molecule has 2 heterocycles. The fraction of sp³-hybridized carbons (Fsp3) is 0.346. The summed E-state index contributed by atoms with van der Waals surface area (Å²) < 4.78 is 22.4. The number of carbonyl (C=O) groups is 2. The standard InChI is InChI=1S/C26H28N2O7/c1-3-34-18-6-4-5-17(13-18)25(29)24-20-15-22(32-2)23(14-19(20)21(16-27-24)26(30)31)35-12-9-28-7-10-33-11-8-28/h4-6,13-16H,3,7-12H2,1-2H3,(H,30,31). The minimum absolute atomic E-state index is 0.0275. The molecule has 1 N–H and O–H groups in total. The number of hydrogen-bond donors (Lipinski definition) is 1. The predicted molar refractivity (Wildman–Crippen MR) is 129 cm³/mol. The van der Waals surface area contributed by atoms with Gasteiger partial charge in [0.15, 0.2) is 11.5 Å². The number of aromatic nitrogens is 1. The minimum atomic E-state index is -1.15. The first-order chi connectivity index (χ1) is 17.0. The lowest BCUT2D eigenvalue weighted by atomic mass is 9.99. The molecule has 4 rings (SSSR count). The summed E-state index contributed by atoms with van der Waals surface area (Å²) in [6.45, 7) is 6.49. The molecule has 1 fully saturated rings. The fourth-order valence-electron chi connectivity index (χ4n) is 4.01. The van der Waals surface area contributed by atoms with E-state index < -0.39 is 5.97 Å². The lowest BCUT2D eigenvalue weighted by molar-refractivity contribution is 0.0321. The maximum Gasteiger partial charge on any atom is 0.337 e. The van der Waals surface area contributed by atoms with Crippen LogP contribution in [0.1, 0.15) is 33.3 Å². The maximum atomic E-state index is 13.4. The van der Waals surface area contributed by atoms with Crippen LogP contribution in [0.2, 0.25) is 0 Å². The number of hydrogen-bond acceptors (Lipinski definition) is 8. The monoisotopic (exact) mass is 480 g/mol. The maximum absolute atomic E-state index is 13.4. The number of carboxylic acids is 1. The third kappa shape index (κ3) is 5.52. The highest BCUT2D eigenvalue weighted by Gasteiger charge is 2.22. The van der Waals surface area contributed by atoms with Gasteiger partial charge in [-0.3, -0.25) is 14.7 Å². The number of benzene rings is 2. The first kappa shape index (κ1) is 24.4. The highest BCUT2D eigenvalue weighted by molar-refractivity contribution is 6.18. The van der Waals surface area contributed by atoms with Crippen LogP contribution in [-0.2, 0) is 4.74 Å². The number of rotatable bonds is 10. The molecule has 0 amide bonds. The van der Waals surface area contributed by atoms with E-state index in [1.54, 1.807) is 36.4 Å². The van der Waals surface area contributed by atoms with Gasteiger partial charge in [-0.05, 0) is 31.2 Å². The number of ether oxygens (including phenoxy) is 4. The van der Waals surface area contributed by atoms with E-state index in [0.29, 0.717) is 66.6 Å². The fourth-order valence-corrected chi connectivity index (χ4v) is 4.01. The van der Waals surface area contributed by atoms with Crippen LogP contribution in [0.4, 0.5) is 0 Å². The van der Waals surface area contributed by atoms with Crippen LogP contribution in [-0.4, -0.2) is 79.9 Å². The van der Waals surface area contributed by atoms with Gasteiger partial charge < -0.3 is 24.1 Å². The molecule has 1 aromatic heterocycles. The van der Waals surface area contributed by atoms with E-state index in [-0.39, 0.29) is 17.0 Å². The Balaban J connectivity index is 1.70. The lowest BCUT2D eigenvalue weighted by Crippen LogP contribution is -2.38. The number of aromatic carboxylic acids is 1. The number of ketones is 1. The lowest BCUT2D eigenvalue weighted by Gasteiger charge is -2.26. The van der Waals surface area contributed by atoms with Crippen LogP contribution >= 0.6 is 0 Å². The van der Waals surface area contributed by atoms with Crippen molar-refractivity contribution in [1.29, 1.82) is 0 Å². The molecule has 0 spiro atoms. The van der Waals surface area contributed by atoms with E-state index in [4.69, 9.17) is 18.9 Å². The van der Waals surface area contributed by atoms with Crippen LogP contribution in [0.3, 0.4) is 0 Å². The molecule has 2 aromatic carbocycles. The molecule has 1 aliphatic heterocycles. The number of carbonyl (C=O) groups excluding carboxylic acids is 1. The summed E-state index contributed by atoms with van der Waals surface area (Å²) in [5.74, 6) is -0.140. The van der Waals surface area contributed by atoms with Gasteiger partial charge in [0.1, 0.15) is 18.1 Å². The number of carboxylic acid groups (broad SMARTS) is 1. The van der Waals surface area contributed by atoms with Crippen LogP contribution in [0.15, 0.2) is 42.6 Å². The molecule has 0 unspecified atom stereocenters. The van der Waals surface area contributed by atoms with E-state index in [1.165, 1.54) is 13.3 Å². The van der Waals surface area contributed by atoms with Gasteiger partial charge in [-0.15, -0.1) is 0 Å². The Labute approximate surface area is 203 Å². The summed E-state index contributed by atoms with van der Waals surface area (Å²) in [5.41, 5.74) is 0.481. The van der Waals surface area contributed by atoms with Crippen LogP contribution < -0.4 is 14.2 Å². The smallest absolute Gasteiger partial charge is 0.337 e. The Hall–Kier alpha value is -3.69. The van der Waals surface area contributed by atoms with Crippen molar-refractivity contribution in [3.05, 3.63) is 59.4 Å². The van der Waals surface area contributed by atoms with E-state index in [0.717, 1.165) is 13.1 Å². The van der Waals surface area contributed by atoms with Crippen molar-refractivity contribution in [2.75, 3.05) is 53.2 Å². The zero-order valence-corrected chi connectivity index (χ0v) is 19.8. The number of nitrogens with zero attached hydrogens (tertiary/aromatic N) is 2. The van der Waals surface area contributed by atoms with Crippen molar-refractivity contribution in [3.8, 4) is 17.2 Å².